The Morgan fingerprint density at radius 3 is 1.84 bits per heavy atom. The predicted octanol–water partition coefficient (Wildman–Crippen LogP) is 12.3. The van der Waals surface area contributed by atoms with E-state index in [1.54, 1.807) is 0 Å². The molecule has 2 aromatic heterocycles. The van der Waals surface area contributed by atoms with Gasteiger partial charge in [0.1, 0.15) is 11.3 Å². The summed E-state index contributed by atoms with van der Waals surface area (Å²) in [7, 11) is 0. The molecule has 7 aromatic carbocycles. The number of para-hydroxylation sites is 2. The number of aromatic nitrogens is 1. The van der Waals surface area contributed by atoms with Gasteiger partial charge in [-0.1, -0.05) is 152 Å². The molecular formula is C48H29NO. The maximum Gasteiger partial charge on any atom is 0.140 e. The van der Waals surface area contributed by atoms with Gasteiger partial charge < -0.3 is 4.42 Å². The third-order valence-corrected chi connectivity index (χ3v) is 10.9. The van der Waals surface area contributed by atoms with Gasteiger partial charge in [-0.25, -0.2) is 4.98 Å². The zero-order valence-corrected chi connectivity index (χ0v) is 27.1. The molecule has 1 unspecified atom stereocenters. The smallest absolute Gasteiger partial charge is 0.140 e. The highest BCUT2D eigenvalue weighted by atomic mass is 16.3. The van der Waals surface area contributed by atoms with E-state index in [-0.39, 0.29) is 0 Å². The fourth-order valence-electron chi connectivity index (χ4n) is 8.78. The monoisotopic (exact) mass is 635 g/mol. The number of hydrogen-bond donors (Lipinski definition) is 0. The summed E-state index contributed by atoms with van der Waals surface area (Å²) < 4.78 is 6.71. The molecule has 232 valence electrons. The number of nitrogens with zero attached hydrogens (tertiary/aromatic N) is 1. The molecule has 50 heavy (non-hydrogen) atoms. The Morgan fingerprint density at radius 1 is 0.400 bits per heavy atom. The number of benzene rings is 7. The maximum atomic E-state index is 6.71. The zero-order valence-electron chi connectivity index (χ0n) is 27.1. The largest absolute Gasteiger partial charge is 0.456 e. The maximum absolute atomic E-state index is 6.71. The van der Waals surface area contributed by atoms with E-state index in [1.165, 1.54) is 55.6 Å². The van der Waals surface area contributed by atoms with Gasteiger partial charge in [0.25, 0.3) is 0 Å². The van der Waals surface area contributed by atoms with Crippen LogP contribution in [0.4, 0.5) is 0 Å². The van der Waals surface area contributed by atoms with Gasteiger partial charge in [0.2, 0.25) is 0 Å². The van der Waals surface area contributed by atoms with Crippen molar-refractivity contribution in [2.75, 3.05) is 0 Å². The molecular weight excluding hydrogens is 607 g/mol. The Balaban J connectivity index is 1.15. The minimum absolute atomic E-state index is 0.507. The second-order valence-corrected chi connectivity index (χ2v) is 13.4. The average molecular weight is 636 g/mol. The van der Waals surface area contributed by atoms with Crippen molar-refractivity contribution in [3.63, 3.8) is 0 Å². The first-order valence-corrected chi connectivity index (χ1v) is 17.2. The number of pyridine rings is 1. The van der Waals surface area contributed by atoms with E-state index in [0.29, 0.717) is 0 Å². The van der Waals surface area contributed by atoms with Crippen LogP contribution >= 0.6 is 0 Å². The van der Waals surface area contributed by atoms with E-state index in [9.17, 15) is 0 Å². The molecule has 1 spiro atoms. The minimum atomic E-state index is -0.507. The fourth-order valence-corrected chi connectivity index (χ4v) is 8.78. The first-order chi connectivity index (χ1) is 24.8. The first kappa shape index (κ1) is 27.4. The molecule has 0 amide bonds. The van der Waals surface area contributed by atoms with E-state index in [1.807, 2.05) is 0 Å². The first-order valence-electron chi connectivity index (χ1n) is 17.2. The summed E-state index contributed by atoms with van der Waals surface area (Å²) in [6.07, 6.45) is 0. The fraction of sp³-hybridized carbons (Fsp3) is 0.0208. The molecule has 2 nitrogen and oxygen atoms in total. The molecule has 0 saturated carbocycles. The van der Waals surface area contributed by atoms with Gasteiger partial charge in [0.05, 0.1) is 16.6 Å². The number of fused-ring (bicyclic) bond motifs is 13. The molecule has 0 aliphatic heterocycles. The topological polar surface area (TPSA) is 26.0 Å². The minimum Gasteiger partial charge on any atom is -0.456 e. The van der Waals surface area contributed by atoms with Crippen LogP contribution in [0.5, 0.6) is 0 Å². The molecule has 0 fully saturated rings. The van der Waals surface area contributed by atoms with Crippen LogP contribution in [0.15, 0.2) is 180 Å². The van der Waals surface area contributed by atoms with Crippen LogP contribution in [-0.2, 0) is 5.41 Å². The van der Waals surface area contributed by atoms with Crippen molar-refractivity contribution in [2.24, 2.45) is 0 Å². The molecule has 2 aliphatic rings. The standard InChI is InChI=1S/C48H29NO/c1-2-12-30(13-3-1)31-22-24-32(25-23-31)39-29-44(49-43-20-10-6-15-36(39)43)33-26-27-35-34-14-4-8-18-40(34)48(42(35)28-33)41-19-9-5-16-37(41)47-46(48)38-17-7-11-21-45(38)50-47/h1-29H. The van der Waals surface area contributed by atoms with Gasteiger partial charge in [0, 0.05) is 27.5 Å². The van der Waals surface area contributed by atoms with Crippen LogP contribution in [0.25, 0.3) is 77.8 Å². The third kappa shape index (κ3) is 3.65. The Bertz CT molecular complexity index is 2810. The van der Waals surface area contributed by atoms with Crippen molar-refractivity contribution in [1.29, 1.82) is 0 Å². The molecule has 1 atom stereocenters. The number of furan rings is 1. The van der Waals surface area contributed by atoms with Crippen molar-refractivity contribution in [2.45, 2.75) is 5.41 Å². The van der Waals surface area contributed by atoms with Crippen LogP contribution < -0.4 is 0 Å². The lowest BCUT2D eigenvalue weighted by molar-refractivity contribution is 0.628. The van der Waals surface area contributed by atoms with Gasteiger partial charge in [-0.3, -0.25) is 0 Å². The average Bonchev–Trinajstić information content (AvgIpc) is 3.81. The normalized spacial score (nSPS) is 15.3. The number of hydrogen-bond acceptors (Lipinski definition) is 2. The van der Waals surface area contributed by atoms with E-state index < -0.39 is 5.41 Å². The highest BCUT2D eigenvalue weighted by Gasteiger charge is 2.54. The summed E-state index contributed by atoms with van der Waals surface area (Å²) in [5, 5.41) is 2.31. The van der Waals surface area contributed by atoms with E-state index in [0.717, 1.165) is 44.5 Å². The van der Waals surface area contributed by atoms with Crippen molar-refractivity contribution < 1.29 is 4.42 Å². The van der Waals surface area contributed by atoms with Crippen LogP contribution in [0, 0.1) is 0 Å². The Morgan fingerprint density at radius 2 is 1.00 bits per heavy atom. The highest BCUT2D eigenvalue weighted by Crippen LogP contribution is 2.65. The summed E-state index contributed by atoms with van der Waals surface area (Å²) in [5.41, 5.74) is 17.0. The summed E-state index contributed by atoms with van der Waals surface area (Å²) in [4.78, 5) is 5.30. The van der Waals surface area contributed by atoms with Gasteiger partial charge >= 0.3 is 0 Å². The van der Waals surface area contributed by atoms with Gasteiger partial charge in [0.15, 0.2) is 0 Å². The molecule has 2 aliphatic carbocycles. The molecule has 9 aromatic rings. The zero-order chi connectivity index (χ0) is 32.8. The summed E-state index contributed by atoms with van der Waals surface area (Å²) in [6.45, 7) is 0. The van der Waals surface area contributed by atoms with Gasteiger partial charge in [-0.2, -0.15) is 0 Å². The van der Waals surface area contributed by atoms with E-state index in [4.69, 9.17) is 9.40 Å². The predicted molar refractivity (Wildman–Crippen MR) is 204 cm³/mol. The second kappa shape index (κ2) is 10.2. The lowest BCUT2D eigenvalue weighted by Crippen LogP contribution is -2.25. The Labute approximate surface area is 290 Å². The van der Waals surface area contributed by atoms with Crippen molar-refractivity contribution in [1.82, 2.24) is 4.98 Å². The van der Waals surface area contributed by atoms with Crippen molar-refractivity contribution >= 4 is 21.9 Å². The summed E-state index contributed by atoms with van der Waals surface area (Å²) in [6, 6.07) is 63.4. The Hall–Kier alpha value is -6.51. The molecule has 2 heterocycles. The highest BCUT2D eigenvalue weighted by molar-refractivity contribution is 6.03. The lowest BCUT2D eigenvalue weighted by atomic mass is 9.70. The molecule has 0 bridgehead atoms. The van der Waals surface area contributed by atoms with Crippen LogP contribution in [0.1, 0.15) is 22.3 Å². The lowest BCUT2D eigenvalue weighted by Gasteiger charge is -2.30. The molecule has 0 N–H and O–H groups in total. The van der Waals surface area contributed by atoms with Crippen LogP contribution in [0.2, 0.25) is 0 Å². The third-order valence-electron chi connectivity index (χ3n) is 10.9. The molecule has 11 rings (SSSR count). The van der Waals surface area contributed by atoms with E-state index in [2.05, 4.69) is 176 Å². The quantitative estimate of drug-likeness (QED) is 0.193. The van der Waals surface area contributed by atoms with Gasteiger partial charge in [-0.05, 0) is 74.3 Å². The molecule has 0 saturated heterocycles. The van der Waals surface area contributed by atoms with Crippen molar-refractivity contribution in [3.05, 3.63) is 198 Å². The second-order valence-electron chi connectivity index (χ2n) is 13.4. The van der Waals surface area contributed by atoms with Crippen molar-refractivity contribution in [3.8, 4) is 56.0 Å². The molecule has 2 heteroatoms. The van der Waals surface area contributed by atoms with Crippen LogP contribution in [-0.4, -0.2) is 4.98 Å². The summed E-state index contributed by atoms with van der Waals surface area (Å²) in [5.74, 6) is 0.972. The number of rotatable bonds is 3. The SMILES string of the molecule is c1ccc(-c2ccc(-c3cc(-c4ccc5c(c4)C4(c6ccccc6-5)c5ccccc5-c5oc6ccccc6c54)nc4ccccc34)cc2)cc1. The van der Waals surface area contributed by atoms with Crippen LogP contribution in [0.3, 0.4) is 0 Å². The van der Waals surface area contributed by atoms with Gasteiger partial charge in [-0.15, -0.1) is 0 Å². The van der Waals surface area contributed by atoms with E-state index >= 15 is 0 Å². The molecule has 0 radical (unpaired) electrons. The summed E-state index contributed by atoms with van der Waals surface area (Å²) >= 11 is 0. The Kier molecular flexibility index (Phi) is 5.62.